The lowest BCUT2D eigenvalue weighted by atomic mass is 9.84. The Bertz CT molecular complexity index is 2710. The van der Waals surface area contributed by atoms with Gasteiger partial charge in [0.25, 0.3) is 0 Å². The molecular weight excluding hydrogens is 677 g/mol. The maximum Gasteiger partial charge on any atom is 0.0753 e. The van der Waals surface area contributed by atoms with Gasteiger partial charge in [-0.2, -0.15) is 0 Å². The second kappa shape index (κ2) is 13.3. The monoisotopic (exact) mass is 712 g/mol. The zero-order valence-electron chi connectivity index (χ0n) is 30.7. The fourth-order valence-corrected chi connectivity index (χ4v) is 9.09. The summed E-state index contributed by atoms with van der Waals surface area (Å²) in [5.74, 6) is 0.332. The van der Waals surface area contributed by atoms with Crippen LogP contribution in [0.2, 0.25) is 0 Å². The van der Waals surface area contributed by atoms with E-state index in [0.717, 1.165) is 33.9 Å². The molecule has 0 aromatic heterocycles. The quantitative estimate of drug-likeness (QED) is 0.153. The number of hydrogen-bond acceptors (Lipinski definition) is 2. The van der Waals surface area contributed by atoms with Crippen molar-refractivity contribution < 1.29 is 0 Å². The Morgan fingerprint density at radius 1 is 0.304 bits per heavy atom. The minimum Gasteiger partial charge on any atom is -0.252 e. The van der Waals surface area contributed by atoms with Crippen molar-refractivity contribution in [3.63, 3.8) is 0 Å². The van der Waals surface area contributed by atoms with Crippen molar-refractivity contribution in [1.82, 2.24) is 0 Å². The molecule has 0 radical (unpaired) electrons. The van der Waals surface area contributed by atoms with Crippen molar-refractivity contribution in [2.75, 3.05) is 0 Å². The molecular formula is C54H36N2. The van der Waals surface area contributed by atoms with E-state index in [1.54, 1.807) is 0 Å². The number of aliphatic imine (C=N–C) groups is 2. The van der Waals surface area contributed by atoms with E-state index in [0.29, 0.717) is 0 Å². The van der Waals surface area contributed by atoms with E-state index in [2.05, 4.69) is 206 Å². The number of allylic oxidation sites excluding steroid dienone is 10. The molecule has 2 heteroatoms. The van der Waals surface area contributed by atoms with Crippen LogP contribution >= 0.6 is 0 Å². The highest BCUT2D eigenvalue weighted by molar-refractivity contribution is 6.22. The average molecular weight is 713 g/mol. The second-order valence-corrected chi connectivity index (χ2v) is 14.8. The van der Waals surface area contributed by atoms with Gasteiger partial charge in [0.2, 0.25) is 0 Å². The van der Waals surface area contributed by atoms with Gasteiger partial charge < -0.3 is 0 Å². The summed E-state index contributed by atoms with van der Waals surface area (Å²) in [4.78, 5) is 10.4. The van der Waals surface area contributed by atoms with Crippen LogP contribution in [-0.4, -0.2) is 11.4 Å². The van der Waals surface area contributed by atoms with Crippen molar-refractivity contribution in [2.24, 2.45) is 21.8 Å². The third-order valence-electron chi connectivity index (χ3n) is 11.6. The molecule has 7 aromatic carbocycles. The molecule has 2 aliphatic heterocycles. The van der Waals surface area contributed by atoms with Gasteiger partial charge in [-0.15, -0.1) is 0 Å². The fraction of sp³-hybridized carbons (Fsp3) is 0.0370. The highest BCUT2D eigenvalue weighted by atomic mass is 14.8. The summed E-state index contributed by atoms with van der Waals surface area (Å²) in [6, 6.07) is 57.3. The van der Waals surface area contributed by atoms with Crippen LogP contribution < -0.4 is 0 Å². The van der Waals surface area contributed by atoms with E-state index in [1.165, 1.54) is 66.1 Å². The molecule has 4 aliphatic rings. The summed E-state index contributed by atoms with van der Waals surface area (Å²) in [6.45, 7) is 0. The number of nitrogens with zero attached hydrogens (tertiary/aromatic N) is 2. The summed E-state index contributed by atoms with van der Waals surface area (Å²) in [6.07, 6.45) is 17.3. The van der Waals surface area contributed by atoms with E-state index in [-0.39, 0.29) is 11.8 Å². The summed E-state index contributed by atoms with van der Waals surface area (Å²) in [7, 11) is 0. The van der Waals surface area contributed by atoms with Crippen LogP contribution in [-0.2, 0) is 0 Å². The first kappa shape index (κ1) is 32.3. The zero-order valence-corrected chi connectivity index (χ0v) is 30.7. The van der Waals surface area contributed by atoms with Gasteiger partial charge in [0.15, 0.2) is 0 Å². The van der Waals surface area contributed by atoms with Gasteiger partial charge in [-0.1, -0.05) is 194 Å². The molecule has 2 atom stereocenters. The van der Waals surface area contributed by atoms with Crippen molar-refractivity contribution in [1.29, 1.82) is 0 Å². The molecule has 2 heterocycles. The van der Waals surface area contributed by atoms with Crippen molar-refractivity contribution in [3.8, 4) is 22.3 Å². The lowest BCUT2D eigenvalue weighted by Crippen LogP contribution is -2.09. The van der Waals surface area contributed by atoms with Gasteiger partial charge in [-0.25, -0.2) is 0 Å². The van der Waals surface area contributed by atoms with Gasteiger partial charge in [-0.3, -0.25) is 9.98 Å². The molecule has 56 heavy (non-hydrogen) atoms. The Morgan fingerprint density at radius 2 is 0.643 bits per heavy atom. The molecule has 0 spiro atoms. The molecule has 0 saturated heterocycles. The van der Waals surface area contributed by atoms with Crippen LogP contribution in [0.1, 0.15) is 22.3 Å². The lowest BCUT2D eigenvalue weighted by molar-refractivity contribution is 1.18. The highest BCUT2D eigenvalue weighted by Crippen LogP contribution is 2.47. The number of benzene rings is 7. The molecule has 0 N–H and O–H groups in total. The maximum absolute atomic E-state index is 5.20. The van der Waals surface area contributed by atoms with Crippen LogP contribution in [0.15, 0.2) is 216 Å². The molecule has 2 nitrogen and oxygen atoms in total. The van der Waals surface area contributed by atoms with Crippen LogP contribution in [0.3, 0.4) is 0 Å². The smallest absolute Gasteiger partial charge is 0.0753 e. The average Bonchev–Trinajstić information content (AvgIpc) is 3.86. The van der Waals surface area contributed by atoms with E-state index >= 15 is 0 Å². The lowest BCUT2D eigenvalue weighted by Gasteiger charge is -2.18. The fourth-order valence-electron chi connectivity index (χ4n) is 9.09. The Hall–Kier alpha value is -7.16. The van der Waals surface area contributed by atoms with Crippen molar-refractivity contribution in [3.05, 3.63) is 229 Å². The predicted octanol–water partition coefficient (Wildman–Crippen LogP) is 13.5. The Kier molecular flexibility index (Phi) is 7.67. The van der Waals surface area contributed by atoms with Gasteiger partial charge in [-0.05, 0) is 78.2 Å². The maximum atomic E-state index is 5.20. The van der Waals surface area contributed by atoms with Crippen LogP contribution in [0.4, 0.5) is 0 Å². The molecule has 0 fully saturated rings. The Labute approximate surface area is 326 Å². The summed E-state index contributed by atoms with van der Waals surface area (Å²) >= 11 is 0. The van der Waals surface area contributed by atoms with Crippen molar-refractivity contribution in [2.45, 2.75) is 0 Å². The first-order valence-corrected chi connectivity index (χ1v) is 19.4. The van der Waals surface area contributed by atoms with Crippen LogP contribution in [0, 0.1) is 11.8 Å². The number of fused-ring (bicyclic) bond motifs is 4. The molecule has 7 aromatic rings. The molecule has 2 aliphatic carbocycles. The summed E-state index contributed by atoms with van der Waals surface area (Å²) in [5, 5.41) is 4.96. The third-order valence-corrected chi connectivity index (χ3v) is 11.6. The predicted molar refractivity (Wildman–Crippen MR) is 237 cm³/mol. The van der Waals surface area contributed by atoms with Crippen LogP contribution in [0.5, 0.6) is 0 Å². The van der Waals surface area contributed by atoms with Gasteiger partial charge in [0, 0.05) is 23.0 Å². The minimum absolute atomic E-state index is 0.166. The van der Waals surface area contributed by atoms with E-state index in [9.17, 15) is 0 Å². The Morgan fingerprint density at radius 3 is 1.02 bits per heavy atom. The standard InChI is InChI=1S/C54H36N2/c1-3-15-35(16-4-1)51-45-23-11-13-25-47(45)55-53(51)39-31-27-37(28-32-39)49-41-19-7-9-21-43(41)50(44-22-10-8-20-42(44)49)38-29-33-40(34-30-38)54-52(36-17-5-2-6-18-36)46-24-12-14-26-48(46)56-54/h1-34,45-46H. The zero-order chi connectivity index (χ0) is 37.0. The topological polar surface area (TPSA) is 24.7 Å². The summed E-state index contributed by atoms with van der Waals surface area (Å²) < 4.78 is 0. The Balaban J connectivity index is 1.03. The number of rotatable bonds is 6. The molecule has 0 bridgehead atoms. The van der Waals surface area contributed by atoms with E-state index in [4.69, 9.17) is 9.98 Å². The number of hydrogen-bond donors (Lipinski definition) is 0. The van der Waals surface area contributed by atoms with Crippen molar-refractivity contribution >= 4 is 55.5 Å². The SMILES string of the molecule is C1=CC2=NC(c3ccc(-c4c5ccccc5c(-c5ccc(C6=C(c7ccccc7)C7C=CC=CC7=N6)cc5)c5ccccc45)cc3)=C(c3ccccc3)C2C=C1. The van der Waals surface area contributed by atoms with E-state index in [1.807, 2.05) is 0 Å². The molecule has 2 unspecified atom stereocenters. The molecule has 262 valence electrons. The van der Waals surface area contributed by atoms with Crippen LogP contribution in [0.25, 0.3) is 66.3 Å². The van der Waals surface area contributed by atoms with Gasteiger partial charge in [0.1, 0.15) is 0 Å². The minimum atomic E-state index is 0.166. The first-order chi connectivity index (χ1) is 27.8. The third kappa shape index (κ3) is 5.26. The highest BCUT2D eigenvalue weighted by Gasteiger charge is 2.31. The molecule has 0 amide bonds. The molecule has 0 saturated carbocycles. The second-order valence-electron chi connectivity index (χ2n) is 14.8. The largest absolute Gasteiger partial charge is 0.252 e. The van der Waals surface area contributed by atoms with Gasteiger partial charge >= 0.3 is 0 Å². The first-order valence-electron chi connectivity index (χ1n) is 19.4. The van der Waals surface area contributed by atoms with E-state index < -0.39 is 0 Å². The van der Waals surface area contributed by atoms with Gasteiger partial charge in [0.05, 0.1) is 22.8 Å². The normalized spacial score (nSPS) is 18.1. The molecule has 11 rings (SSSR count). The summed E-state index contributed by atoms with van der Waals surface area (Å²) in [5.41, 5.74) is 16.4.